The van der Waals surface area contributed by atoms with Crippen molar-refractivity contribution in [1.82, 2.24) is 9.38 Å². The highest BCUT2D eigenvalue weighted by molar-refractivity contribution is 6.23. The van der Waals surface area contributed by atoms with Crippen molar-refractivity contribution >= 4 is 29.3 Å². The normalized spacial score (nSPS) is 29.8. The van der Waals surface area contributed by atoms with Gasteiger partial charge in [0.2, 0.25) is 5.91 Å². The Labute approximate surface area is 237 Å². The van der Waals surface area contributed by atoms with Crippen LogP contribution in [0.25, 0.3) is 11.1 Å². The van der Waals surface area contributed by atoms with Gasteiger partial charge in [0, 0.05) is 17.2 Å². The number of primary amides is 1. The van der Waals surface area contributed by atoms with E-state index in [0.29, 0.717) is 29.8 Å². The number of carbonyl (C=O) groups is 4. The summed E-state index contributed by atoms with van der Waals surface area (Å²) >= 11 is 0. The van der Waals surface area contributed by atoms with E-state index in [1.54, 1.807) is 25.1 Å². The van der Waals surface area contributed by atoms with Crippen molar-refractivity contribution in [1.29, 1.82) is 0 Å². The van der Waals surface area contributed by atoms with Gasteiger partial charge in [-0.05, 0) is 61.2 Å². The summed E-state index contributed by atoms with van der Waals surface area (Å²) in [6.45, 7) is 9.20. The average molecular weight is 559 g/mol. The number of nitrogens with two attached hydrogens (primary N) is 1. The number of aryl methyl sites for hydroxylation is 1. The summed E-state index contributed by atoms with van der Waals surface area (Å²) in [5.41, 5.74) is 10.4. The van der Waals surface area contributed by atoms with E-state index in [1.165, 1.54) is 4.90 Å². The molecule has 4 fully saturated rings. The number of piperazine rings is 3. The summed E-state index contributed by atoms with van der Waals surface area (Å²) in [6.07, 6.45) is 1.43. The van der Waals surface area contributed by atoms with Crippen LogP contribution >= 0.6 is 0 Å². The van der Waals surface area contributed by atoms with Crippen LogP contribution in [-0.4, -0.2) is 96.0 Å². The lowest BCUT2D eigenvalue weighted by molar-refractivity contribution is -0.932. The van der Waals surface area contributed by atoms with Gasteiger partial charge >= 0.3 is 5.97 Å². The molecule has 0 aromatic heterocycles. The molecule has 3 N–H and O–H groups in total. The molecule has 41 heavy (non-hydrogen) atoms. The van der Waals surface area contributed by atoms with E-state index in [9.17, 15) is 24.3 Å². The number of aliphatic hydroxyl groups is 1. The molecule has 1 unspecified atom stereocenters. The Balaban J connectivity index is 1.13. The fraction of sp³-hybridized carbons (Fsp3) is 0.419. The highest BCUT2D eigenvalue weighted by Crippen LogP contribution is 2.45. The number of carbonyl (C=O) groups excluding carboxylic acids is 4. The van der Waals surface area contributed by atoms with E-state index < -0.39 is 18.0 Å². The third kappa shape index (κ3) is 3.74. The lowest BCUT2D eigenvalue weighted by atomic mass is 9.83. The summed E-state index contributed by atoms with van der Waals surface area (Å²) in [6, 6.07) is 9.34. The van der Waals surface area contributed by atoms with E-state index in [1.807, 2.05) is 19.1 Å². The number of esters is 1. The van der Waals surface area contributed by atoms with Crippen molar-refractivity contribution in [3.8, 4) is 16.9 Å². The van der Waals surface area contributed by atoms with E-state index >= 15 is 0 Å². The van der Waals surface area contributed by atoms with E-state index in [4.69, 9.17) is 10.5 Å². The maximum absolute atomic E-state index is 13.6. The van der Waals surface area contributed by atoms with Crippen LogP contribution in [0.1, 0.15) is 34.8 Å². The summed E-state index contributed by atoms with van der Waals surface area (Å²) in [5.74, 6) is -1.36. The molecule has 1 aliphatic carbocycles. The SMILES string of the molecule is Cc1cc(OC(=O)C2=CC[C@@H]3C([C@@H](C)O)C(=O)N23)cc2c1C(=O)c1cc([N+]34CC[N+](CC(N)=O)(CC3)CC4)ccc1-2. The van der Waals surface area contributed by atoms with Crippen LogP contribution in [0, 0.1) is 12.8 Å². The number of fused-ring (bicyclic) bond motifs is 7. The molecule has 2 aromatic rings. The Kier molecular flexibility index (Phi) is 5.61. The number of hydrogen-bond donors (Lipinski definition) is 2. The van der Waals surface area contributed by atoms with Crippen LogP contribution in [0.5, 0.6) is 5.75 Å². The van der Waals surface area contributed by atoms with Crippen molar-refractivity contribution in [2.24, 2.45) is 11.7 Å². The second-order valence-corrected chi connectivity index (χ2v) is 12.4. The molecule has 10 nitrogen and oxygen atoms in total. The summed E-state index contributed by atoms with van der Waals surface area (Å²) in [7, 11) is 0. The molecule has 5 aliphatic heterocycles. The van der Waals surface area contributed by atoms with Gasteiger partial charge in [0.1, 0.15) is 56.4 Å². The number of ketones is 1. The topological polar surface area (TPSA) is 127 Å². The number of aliphatic hydroxyl groups excluding tert-OH is 1. The second kappa shape index (κ2) is 8.82. The predicted octanol–water partition coefficient (Wildman–Crippen LogP) is 1.24. The summed E-state index contributed by atoms with van der Waals surface area (Å²) in [5, 5.41) is 9.90. The summed E-state index contributed by atoms with van der Waals surface area (Å²) in [4.78, 5) is 52.3. The van der Waals surface area contributed by atoms with Crippen LogP contribution in [0.4, 0.5) is 5.69 Å². The maximum atomic E-state index is 13.6. The lowest BCUT2D eigenvalue weighted by Gasteiger charge is -2.54. The molecule has 0 spiro atoms. The highest BCUT2D eigenvalue weighted by Gasteiger charge is 2.55. The molecule has 212 valence electrons. The number of rotatable bonds is 6. The summed E-state index contributed by atoms with van der Waals surface area (Å²) < 4.78 is 7.30. The van der Waals surface area contributed by atoms with Gasteiger partial charge in [-0.1, -0.05) is 6.08 Å². The number of nitrogens with zero attached hydrogens (tertiary/aromatic N) is 3. The van der Waals surface area contributed by atoms with Crippen LogP contribution < -0.4 is 15.0 Å². The first-order valence-corrected chi connectivity index (χ1v) is 14.3. The third-order valence-electron chi connectivity index (χ3n) is 10.1. The predicted molar refractivity (Wildman–Crippen MR) is 150 cm³/mol. The monoisotopic (exact) mass is 558 g/mol. The Morgan fingerprint density at radius 2 is 1.76 bits per heavy atom. The average Bonchev–Trinajstić information content (AvgIpc) is 3.44. The largest absolute Gasteiger partial charge is 0.422 e. The van der Waals surface area contributed by atoms with Crippen LogP contribution in [-0.2, 0) is 14.4 Å². The third-order valence-corrected chi connectivity index (χ3v) is 10.1. The zero-order valence-corrected chi connectivity index (χ0v) is 23.3. The Hall–Kier alpha value is -3.86. The van der Waals surface area contributed by atoms with Gasteiger partial charge in [0.15, 0.2) is 12.3 Å². The minimum absolute atomic E-state index is 0.0324. The van der Waals surface area contributed by atoms with E-state index in [-0.39, 0.29) is 29.3 Å². The standard InChI is InChI=1S/C31H33N4O6/c1-17-13-20(41-31(40)25-6-5-24-28(18(2)36)30(39)33(24)25)15-22-21-4-3-19(14-23(21)29(38)27(17)22)35-10-7-34(8-11-35,9-12-35)16-26(32)37/h3-4,6,13-15,18,24,28,36H,5,7-12,16H2,1-2H3,(H-,32,37)/q+1/p+1/t18-,24-,28?,34?,35?/m1/s1. The molecule has 10 heteroatoms. The van der Waals surface area contributed by atoms with Crippen LogP contribution in [0.2, 0.25) is 0 Å². The first-order chi connectivity index (χ1) is 19.5. The zero-order valence-electron chi connectivity index (χ0n) is 23.3. The van der Waals surface area contributed by atoms with E-state index in [0.717, 1.165) is 70.6 Å². The number of hydrogen-bond acceptors (Lipinski definition) is 6. The fourth-order valence-electron chi connectivity index (χ4n) is 7.86. The zero-order chi connectivity index (χ0) is 28.8. The van der Waals surface area contributed by atoms with Crippen LogP contribution in [0.3, 0.4) is 0 Å². The number of amides is 2. The molecular weight excluding hydrogens is 524 g/mol. The number of ether oxygens (including phenoxy) is 1. The molecule has 4 saturated heterocycles. The molecule has 2 amide bonds. The van der Waals surface area contributed by atoms with Gasteiger partial charge in [-0.3, -0.25) is 18.9 Å². The quantitative estimate of drug-likeness (QED) is 0.203. The van der Waals surface area contributed by atoms with Crippen molar-refractivity contribution in [2.75, 3.05) is 45.8 Å². The molecule has 0 radical (unpaired) electrons. The van der Waals surface area contributed by atoms with Gasteiger partial charge in [-0.25, -0.2) is 4.79 Å². The van der Waals surface area contributed by atoms with E-state index in [2.05, 4.69) is 6.07 Å². The van der Waals surface area contributed by atoms with Gasteiger partial charge in [-0.2, -0.15) is 0 Å². The molecule has 0 saturated carbocycles. The first kappa shape index (κ1) is 26.1. The lowest BCUT2D eigenvalue weighted by Crippen LogP contribution is -2.76. The number of β-lactam (4-membered cyclic amide) rings is 1. The Bertz CT molecular complexity index is 1570. The molecular formula is C31H34N4O6+2. The van der Waals surface area contributed by atoms with Crippen molar-refractivity contribution < 1.29 is 33.5 Å². The molecule has 2 bridgehead atoms. The van der Waals surface area contributed by atoms with Crippen LogP contribution in [0.15, 0.2) is 42.1 Å². The van der Waals surface area contributed by atoms with Gasteiger partial charge in [0.05, 0.1) is 18.1 Å². The van der Waals surface area contributed by atoms with Gasteiger partial charge < -0.3 is 25.0 Å². The minimum Gasteiger partial charge on any atom is -0.422 e. The second-order valence-electron chi connectivity index (χ2n) is 12.4. The minimum atomic E-state index is -0.769. The smallest absolute Gasteiger partial charge is 0.360 e. The van der Waals surface area contributed by atoms with Crippen molar-refractivity contribution in [3.05, 3.63) is 58.8 Å². The Morgan fingerprint density at radius 3 is 2.41 bits per heavy atom. The molecule has 5 heterocycles. The number of quaternary nitrogens is 2. The number of benzene rings is 2. The molecule has 3 atom stereocenters. The fourth-order valence-corrected chi connectivity index (χ4v) is 7.86. The molecule has 6 aliphatic rings. The van der Waals surface area contributed by atoms with Gasteiger partial charge in [0.25, 0.3) is 5.91 Å². The molecule has 8 rings (SSSR count). The first-order valence-electron chi connectivity index (χ1n) is 14.3. The van der Waals surface area contributed by atoms with Gasteiger partial charge in [-0.15, -0.1) is 0 Å². The van der Waals surface area contributed by atoms with Crippen molar-refractivity contribution in [3.63, 3.8) is 0 Å². The van der Waals surface area contributed by atoms with Crippen molar-refractivity contribution in [2.45, 2.75) is 32.4 Å². The Morgan fingerprint density at radius 1 is 1.05 bits per heavy atom. The molecule has 2 aromatic carbocycles. The maximum Gasteiger partial charge on any atom is 0.360 e. The highest BCUT2D eigenvalue weighted by atomic mass is 16.5.